The average molecular weight is 439 g/mol. The predicted octanol–water partition coefficient (Wildman–Crippen LogP) is 5.83. The number of hydrogen-bond acceptors (Lipinski definition) is 3. The van der Waals surface area contributed by atoms with Gasteiger partial charge in [0.2, 0.25) is 0 Å². The molecule has 0 aliphatic carbocycles. The molecule has 0 fully saturated rings. The van der Waals surface area contributed by atoms with Gasteiger partial charge < -0.3 is 0 Å². The lowest BCUT2D eigenvalue weighted by atomic mass is 10.2. The molecule has 8 heteroatoms. The number of azide groups is 1. The Hall–Kier alpha value is -2.98. The molecule has 0 aliphatic rings. The highest BCUT2D eigenvalue weighted by molar-refractivity contribution is 7.89. The van der Waals surface area contributed by atoms with Gasteiger partial charge in [-0.25, -0.2) is 12.7 Å². The molecule has 0 bridgehead atoms. The monoisotopic (exact) mass is 438 g/mol. The van der Waals surface area contributed by atoms with Crippen LogP contribution < -0.4 is 0 Å². The summed E-state index contributed by atoms with van der Waals surface area (Å²) in [5.74, 6) is 2.86. The quantitative estimate of drug-likeness (QED) is 0.104. The van der Waals surface area contributed by atoms with E-state index in [2.05, 4.69) is 48.2 Å². The summed E-state index contributed by atoms with van der Waals surface area (Å²) in [6, 6.07) is 17.0. The fourth-order valence-corrected chi connectivity index (χ4v) is 5.73. The topological polar surface area (TPSA) is 86.1 Å². The number of hydrogen-bond donors (Lipinski definition) is 0. The summed E-state index contributed by atoms with van der Waals surface area (Å²) in [5.41, 5.74) is 11.3. The molecule has 0 aliphatic heterocycles. The average Bonchev–Trinajstić information content (AvgIpc) is 2.65. The molecule has 0 spiro atoms. The Morgan fingerprint density at radius 1 is 1.17 bits per heavy atom. The maximum absolute atomic E-state index is 13.3. The number of aryl methyl sites for hydroxylation is 1. The van der Waals surface area contributed by atoms with Crippen LogP contribution in [0.2, 0.25) is 25.7 Å². The van der Waals surface area contributed by atoms with Gasteiger partial charge in [0.15, 0.2) is 0 Å². The molecule has 0 atom stereocenters. The molecule has 0 saturated carbocycles. The van der Waals surface area contributed by atoms with Crippen molar-refractivity contribution in [2.45, 2.75) is 37.5 Å². The van der Waals surface area contributed by atoms with E-state index in [1.165, 1.54) is 0 Å². The van der Waals surface area contributed by atoms with Crippen LogP contribution in [0.25, 0.3) is 10.4 Å². The second kappa shape index (κ2) is 9.68. The van der Waals surface area contributed by atoms with Crippen LogP contribution in [0.15, 0.2) is 70.7 Å². The van der Waals surface area contributed by atoms with Crippen molar-refractivity contribution in [3.63, 3.8) is 0 Å². The molecule has 6 nitrogen and oxygen atoms in total. The van der Waals surface area contributed by atoms with Crippen molar-refractivity contribution < 1.29 is 8.42 Å². The Kier molecular flexibility index (Phi) is 7.52. The van der Waals surface area contributed by atoms with Gasteiger partial charge in [0, 0.05) is 24.6 Å². The summed E-state index contributed by atoms with van der Waals surface area (Å²) in [7, 11) is -5.32. The van der Waals surface area contributed by atoms with Crippen molar-refractivity contribution in [1.82, 2.24) is 4.31 Å². The summed E-state index contributed by atoms with van der Waals surface area (Å²) in [4.78, 5) is 2.98. The zero-order valence-electron chi connectivity index (χ0n) is 17.8. The first-order valence-corrected chi connectivity index (χ1v) is 14.6. The largest absolute Gasteiger partial charge is 0.271 e. The lowest BCUT2D eigenvalue weighted by molar-refractivity contribution is 0.528. The number of benzene rings is 2. The molecule has 0 unspecified atom stereocenters. The lowest BCUT2D eigenvalue weighted by Gasteiger charge is -2.23. The van der Waals surface area contributed by atoms with E-state index in [1.54, 1.807) is 48.5 Å². The van der Waals surface area contributed by atoms with Gasteiger partial charge in [-0.15, -0.1) is 0 Å². The minimum Gasteiger partial charge on any atom is -0.220 e. The third-order valence-electron chi connectivity index (χ3n) is 4.13. The first-order valence-electron chi connectivity index (χ1n) is 9.45. The predicted molar refractivity (Wildman–Crippen MR) is 124 cm³/mol. The summed E-state index contributed by atoms with van der Waals surface area (Å²) in [6.45, 7) is 12.7. The van der Waals surface area contributed by atoms with Gasteiger partial charge in [-0.2, -0.15) is 0 Å². The maximum Gasteiger partial charge on any atom is 0.271 e. The van der Waals surface area contributed by atoms with Gasteiger partial charge in [-0.05, 0) is 42.6 Å². The molecule has 0 saturated heterocycles. The maximum atomic E-state index is 13.3. The zero-order chi connectivity index (χ0) is 22.4. The zero-order valence-corrected chi connectivity index (χ0v) is 19.6. The minimum absolute atomic E-state index is 0.108. The van der Waals surface area contributed by atoms with Crippen molar-refractivity contribution in [3.05, 3.63) is 82.3 Å². The molecule has 0 radical (unpaired) electrons. The van der Waals surface area contributed by atoms with Crippen molar-refractivity contribution >= 4 is 23.8 Å². The smallest absolute Gasteiger partial charge is 0.220 e. The van der Waals surface area contributed by atoms with Crippen LogP contribution in [0.1, 0.15) is 11.1 Å². The fourth-order valence-electron chi connectivity index (χ4n) is 2.87. The highest BCUT2D eigenvalue weighted by Crippen LogP contribution is 2.22. The van der Waals surface area contributed by atoms with E-state index < -0.39 is 18.1 Å². The molecule has 2 aromatic rings. The Balaban J connectivity index is 2.49. The highest BCUT2D eigenvalue weighted by Gasteiger charge is 2.24. The minimum atomic E-state index is -3.85. The van der Waals surface area contributed by atoms with Gasteiger partial charge >= 0.3 is 0 Å². The molecule has 0 amide bonds. The van der Waals surface area contributed by atoms with E-state index in [0.29, 0.717) is 11.3 Å². The molecule has 0 aromatic heterocycles. The standard InChI is InChI=1S/C22H26N4O2SSi/c1-18-10-12-21(13-11-18)29(27,28)26(16-19(2)17-30(3,4)5)15-14-20-8-6-7-9-22(20)24-25-23/h6-13H,2,16-17H2,1,3-5H3. The lowest BCUT2D eigenvalue weighted by Crippen LogP contribution is -2.30. The number of sulfonamides is 1. The van der Waals surface area contributed by atoms with Crippen molar-refractivity contribution in [3.8, 4) is 12.0 Å². The van der Waals surface area contributed by atoms with Crippen molar-refractivity contribution in [1.29, 1.82) is 0 Å². The third-order valence-corrected chi connectivity index (χ3v) is 7.36. The van der Waals surface area contributed by atoms with Gasteiger partial charge in [0.25, 0.3) is 10.0 Å². The van der Waals surface area contributed by atoms with Crippen LogP contribution in [0.5, 0.6) is 0 Å². The van der Waals surface area contributed by atoms with Gasteiger partial charge in [-0.1, -0.05) is 72.8 Å². The van der Waals surface area contributed by atoms with Crippen molar-refractivity contribution in [2.75, 3.05) is 6.54 Å². The Morgan fingerprint density at radius 2 is 1.80 bits per heavy atom. The Labute approximate surface area is 179 Å². The van der Waals surface area contributed by atoms with Crippen molar-refractivity contribution in [2.24, 2.45) is 5.11 Å². The second-order valence-electron chi connectivity index (χ2n) is 8.26. The van der Waals surface area contributed by atoms with E-state index in [9.17, 15) is 8.42 Å². The molecule has 30 heavy (non-hydrogen) atoms. The first-order chi connectivity index (χ1) is 14.0. The molecule has 0 heterocycles. The van der Waals surface area contributed by atoms with Gasteiger partial charge in [0.05, 0.1) is 17.1 Å². The summed E-state index contributed by atoms with van der Waals surface area (Å²) in [5, 5.41) is 3.62. The highest BCUT2D eigenvalue weighted by atomic mass is 32.2. The van der Waals surface area contributed by atoms with Gasteiger partial charge in [0.1, 0.15) is 0 Å². The Bertz CT molecular complexity index is 1130. The SMILES string of the molecule is C=C(CN(C#Cc1ccccc1N=[N+]=[N-])S(=O)(=O)c1ccc(C)cc1)C[Si](C)(C)C. The fraction of sp³-hybridized carbons (Fsp3) is 0.273. The van der Waals surface area contributed by atoms with Crippen LogP contribution in [0, 0.1) is 18.9 Å². The first kappa shape index (κ1) is 23.3. The van der Waals surface area contributed by atoms with E-state index in [-0.39, 0.29) is 11.4 Å². The van der Waals surface area contributed by atoms with Gasteiger partial charge in [-0.3, -0.25) is 0 Å². The summed E-state index contributed by atoms with van der Waals surface area (Å²) < 4.78 is 27.7. The summed E-state index contributed by atoms with van der Waals surface area (Å²) in [6.07, 6.45) is 0. The second-order valence-corrected chi connectivity index (χ2v) is 15.6. The van der Waals surface area contributed by atoms with Crippen LogP contribution in [-0.2, 0) is 10.0 Å². The van der Waals surface area contributed by atoms with E-state index in [1.807, 2.05) is 6.92 Å². The van der Waals surface area contributed by atoms with E-state index >= 15 is 0 Å². The van der Waals surface area contributed by atoms with E-state index in [0.717, 1.165) is 21.5 Å². The molecule has 156 valence electrons. The van der Waals surface area contributed by atoms with Crippen LogP contribution in [0.4, 0.5) is 5.69 Å². The number of nitrogens with zero attached hydrogens (tertiary/aromatic N) is 4. The summed E-state index contributed by atoms with van der Waals surface area (Å²) >= 11 is 0. The molecule has 0 N–H and O–H groups in total. The Morgan fingerprint density at radius 3 is 2.40 bits per heavy atom. The number of rotatable bonds is 7. The molecular weight excluding hydrogens is 412 g/mol. The molecular formula is C22H26N4O2SSi. The van der Waals surface area contributed by atoms with Crippen LogP contribution in [-0.4, -0.2) is 27.3 Å². The van der Waals surface area contributed by atoms with Crippen LogP contribution >= 0.6 is 0 Å². The van der Waals surface area contributed by atoms with Crippen LogP contribution in [0.3, 0.4) is 0 Å². The third kappa shape index (κ3) is 6.53. The molecule has 2 aromatic carbocycles. The molecule has 2 rings (SSSR count). The van der Waals surface area contributed by atoms with E-state index in [4.69, 9.17) is 5.53 Å². The normalized spacial score (nSPS) is 11.1.